The highest BCUT2D eigenvalue weighted by atomic mass is 16.6. The van der Waals surface area contributed by atoms with E-state index in [0.29, 0.717) is 0 Å². The predicted molar refractivity (Wildman–Crippen MR) is 108 cm³/mol. The average Bonchev–Trinajstić information content (AvgIpc) is 2.74. The minimum Gasteiger partial charge on any atom is -0.477 e. The number of rotatable bonds is 6. The van der Waals surface area contributed by atoms with Crippen LogP contribution in [-0.4, -0.2) is 29.0 Å². The molecule has 0 saturated carbocycles. The number of hydrogen-bond acceptors (Lipinski definition) is 7. The van der Waals surface area contributed by atoms with E-state index < -0.39 is 29.4 Å². The smallest absolute Gasteiger partial charge is 0.347 e. The summed E-state index contributed by atoms with van der Waals surface area (Å²) in [6.45, 7) is 1.18. The van der Waals surface area contributed by atoms with E-state index in [1.807, 2.05) is 0 Å². The molecule has 0 spiro atoms. The molecule has 0 unspecified atom stereocenters. The van der Waals surface area contributed by atoms with E-state index in [2.05, 4.69) is 0 Å². The second-order valence-corrected chi connectivity index (χ2v) is 6.17. The number of hydrogen-bond donors (Lipinski definition) is 1. The first-order valence-corrected chi connectivity index (χ1v) is 9.00. The highest BCUT2D eigenvalue weighted by Crippen LogP contribution is 2.31. The standard InChI is InChI=1S/C23H16O8/c1-14(24)29-17-11-6-5-10-16(17)23(28)31-19-13-7-12-18(20(19)21(25)26)30-22(27)15-8-3-2-4-9-15/h2-13H,1H3,(H,25,26). The van der Waals surface area contributed by atoms with Gasteiger partial charge < -0.3 is 19.3 Å². The number of carbonyl (C=O) groups excluding carboxylic acids is 3. The summed E-state index contributed by atoms with van der Waals surface area (Å²) >= 11 is 0. The first-order valence-electron chi connectivity index (χ1n) is 9.00. The summed E-state index contributed by atoms with van der Waals surface area (Å²) < 4.78 is 15.4. The number of para-hydroxylation sites is 1. The van der Waals surface area contributed by atoms with Crippen LogP contribution in [0.3, 0.4) is 0 Å². The van der Waals surface area contributed by atoms with Crippen LogP contribution in [-0.2, 0) is 4.79 Å². The van der Waals surface area contributed by atoms with Crippen molar-refractivity contribution in [3.05, 3.63) is 89.5 Å². The Bertz CT molecular complexity index is 1150. The molecule has 8 heteroatoms. The van der Waals surface area contributed by atoms with Crippen molar-refractivity contribution < 1.29 is 38.5 Å². The van der Waals surface area contributed by atoms with Gasteiger partial charge in [-0.1, -0.05) is 36.4 Å². The SMILES string of the molecule is CC(=O)Oc1ccccc1C(=O)Oc1cccc(OC(=O)c2ccccc2)c1C(=O)O. The van der Waals surface area contributed by atoms with E-state index in [0.717, 1.165) is 0 Å². The molecular formula is C23H16O8. The van der Waals surface area contributed by atoms with Crippen LogP contribution in [0.4, 0.5) is 0 Å². The lowest BCUT2D eigenvalue weighted by Crippen LogP contribution is -2.16. The Kier molecular flexibility index (Phi) is 6.42. The number of aromatic carboxylic acids is 1. The number of ether oxygens (including phenoxy) is 3. The summed E-state index contributed by atoms with van der Waals surface area (Å²) in [6.07, 6.45) is 0. The van der Waals surface area contributed by atoms with Crippen LogP contribution in [0.5, 0.6) is 17.2 Å². The van der Waals surface area contributed by atoms with Gasteiger partial charge in [0.25, 0.3) is 0 Å². The van der Waals surface area contributed by atoms with Crippen molar-refractivity contribution in [2.45, 2.75) is 6.92 Å². The molecule has 3 aromatic carbocycles. The fraction of sp³-hybridized carbons (Fsp3) is 0.0435. The first kappa shape index (κ1) is 21.3. The molecule has 156 valence electrons. The third-order valence-electron chi connectivity index (χ3n) is 3.98. The molecule has 8 nitrogen and oxygen atoms in total. The summed E-state index contributed by atoms with van der Waals surface area (Å²) in [5.41, 5.74) is -0.373. The molecule has 0 radical (unpaired) electrons. The van der Waals surface area contributed by atoms with Gasteiger partial charge in [0.1, 0.15) is 28.4 Å². The molecule has 0 saturated heterocycles. The van der Waals surface area contributed by atoms with E-state index >= 15 is 0 Å². The summed E-state index contributed by atoms with van der Waals surface area (Å²) in [5, 5.41) is 9.64. The van der Waals surface area contributed by atoms with Gasteiger partial charge in [0.05, 0.1) is 5.56 Å². The number of benzene rings is 3. The van der Waals surface area contributed by atoms with Crippen molar-refractivity contribution in [1.29, 1.82) is 0 Å². The molecule has 3 aromatic rings. The van der Waals surface area contributed by atoms with Crippen LogP contribution in [0.15, 0.2) is 72.8 Å². The fourth-order valence-corrected chi connectivity index (χ4v) is 2.66. The molecule has 1 N–H and O–H groups in total. The molecule has 0 atom stereocenters. The van der Waals surface area contributed by atoms with E-state index in [4.69, 9.17) is 14.2 Å². The van der Waals surface area contributed by atoms with Gasteiger partial charge in [0.15, 0.2) is 0 Å². The molecule has 0 amide bonds. The van der Waals surface area contributed by atoms with Crippen LogP contribution in [0.1, 0.15) is 38.0 Å². The molecule has 3 rings (SSSR count). The van der Waals surface area contributed by atoms with Crippen molar-refractivity contribution in [3.63, 3.8) is 0 Å². The van der Waals surface area contributed by atoms with Crippen LogP contribution in [0.25, 0.3) is 0 Å². The molecular weight excluding hydrogens is 404 g/mol. The van der Waals surface area contributed by atoms with Crippen LogP contribution in [0, 0.1) is 0 Å². The number of esters is 3. The fourth-order valence-electron chi connectivity index (χ4n) is 2.66. The van der Waals surface area contributed by atoms with Crippen LogP contribution < -0.4 is 14.2 Å². The van der Waals surface area contributed by atoms with Crippen molar-refractivity contribution in [2.75, 3.05) is 0 Å². The Morgan fingerprint density at radius 3 is 1.81 bits per heavy atom. The lowest BCUT2D eigenvalue weighted by molar-refractivity contribution is -0.131. The minimum absolute atomic E-state index is 0.0384. The van der Waals surface area contributed by atoms with Crippen molar-refractivity contribution in [3.8, 4) is 17.2 Å². The Morgan fingerprint density at radius 1 is 0.645 bits per heavy atom. The Labute approximate surface area is 176 Å². The van der Waals surface area contributed by atoms with Crippen molar-refractivity contribution >= 4 is 23.9 Å². The molecule has 0 aromatic heterocycles. The molecule has 0 aliphatic heterocycles. The molecule has 31 heavy (non-hydrogen) atoms. The zero-order chi connectivity index (χ0) is 22.4. The quantitative estimate of drug-likeness (QED) is 0.473. The van der Waals surface area contributed by atoms with Crippen molar-refractivity contribution in [2.24, 2.45) is 0 Å². The molecule has 0 fully saturated rings. The molecule has 0 bridgehead atoms. The van der Waals surface area contributed by atoms with Crippen LogP contribution >= 0.6 is 0 Å². The predicted octanol–water partition coefficient (Wildman–Crippen LogP) is 3.75. The first-order chi connectivity index (χ1) is 14.9. The van der Waals surface area contributed by atoms with Gasteiger partial charge in [-0.2, -0.15) is 0 Å². The van der Waals surface area contributed by atoms with Gasteiger partial charge in [-0.05, 0) is 36.4 Å². The monoisotopic (exact) mass is 420 g/mol. The topological polar surface area (TPSA) is 116 Å². The van der Waals surface area contributed by atoms with Gasteiger partial charge in [0.2, 0.25) is 0 Å². The Balaban J connectivity index is 1.91. The Morgan fingerprint density at radius 2 is 1.19 bits per heavy atom. The Hall–Kier alpha value is -4.46. The van der Waals surface area contributed by atoms with Crippen LogP contribution in [0.2, 0.25) is 0 Å². The van der Waals surface area contributed by atoms with Gasteiger partial charge in [-0.25, -0.2) is 14.4 Å². The lowest BCUT2D eigenvalue weighted by Gasteiger charge is -2.13. The third kappa shape index (κ3) is 5.13. The molecule has 0 aliphatic carbocycles. The van der Waals surface area contributed by atoms with Gasteiger partial charge in [0, 0.05) is 6.92 Å². The normalized spacial score (nSPS) is 10.1. The number of carboxylic acids is 1. The second kappa shape index (κ2) is 9.36. The van der Waals surface area contributed by atoms with Gasteiger partial charge in [-0.3, -0.25) is 4.79 Å². The zero-order valence-electron chi connectivity index (χ0n) is 16.2. The zero-order valence-corrected chi connectivity index (χ0v) is 16.2. The lowest BCUT2D eigenvalue weighted by atomic mass is 10.1. The summed E-state index contributed by atoms with van der Waals surface area (Å²) in [4.78, 5) is 48.0. The van der Waals surface area contributed by atoms with E-state index in [1.165, 1.54) is 55.5 Å². The van der Waals surface area contributed by atoms with Gasteiger partial charge >= 0.3 is 23.9 Å². The summed E-state index contributed by atoms with van der Waals surface area (Å²) in [7, 11) is 0. The maximum atomic E-state index is 12.6. The molecule has 0 heterocycles. The third-order valence-corrected chi connectivity index (χ3v) is 3.98. The highest BCUT2D eigenvalue weighted by Gasteiger charge is 2.24. The van der Waals surface area contributed by atoms with E-state index in [-0.39, 0.29) is 28.4 Å². The van der Waals surface area contributed by atoms with Crippen molar-refractivity contribution in [1.82, 2.24) is 0 Å². The number of carbonyl (C=O) groups is 4. The average molecular weight is 420 g/mol. The largest absolute Gasteiger partial charge is 0.477 e. The second-order valence-electron chi connectivity index (χ2n) is 6.17. The van der Waals surface area contributed by atoms with E-state index in [1.54, 1.807) is 24.3 Å². The summed E-state index contributed by atoms with van der Waals surface area (Å²) in [6, 6.07) is 17.7. The summed E-state index contributed by atoms with van der Waals surface area (Å²) in [5.74, 6) is -4.50. The highest BCUT2D eigenvalue weighted by molar-refractivity contribution is 6.00. The molecule has 0 aliphatic rings. The minimum atomic E-state index is -1.47. The van der Waals surface area contributed by atoms with Gasteiger partial charge in [-0.15, -0.1) is 0 Å². The number of carboxylic acid groups (broad SMARTS) is 1. The maximum absolute atomic E-state index is 12.6. The maximum Gasteiger partial charge on any atom is 0.347 e. The van der Waals surface area contributed by atoms with E-state index in [9.17, 15) is 24.3 Å².